The van der Waals surface area contributed by atoms with Gasteiger partial charge in [0.1, 0.15) is 0 Å². The molecule has 1 aromatic carbocycles. The molecular formula is C17H25N5O2. The maximum atomic E-state index is 12.2. The molecule has 0 spiro atoms. The SMILES string of the molecule is CCCC(O)(CCC)CC(=O)Nc1ccc(Cc2nn[nH]n2)cc1. The van der Waals surface area contributed by atoms with Gasteiger partial charge >= 0.3 is 0 Å². The molecule has 130 valence electrons. The number of aliphatic hydroxyl groups is 1. The number of aromatic amines is 1. The summed E-state index contributed by atoms with van der Waals surface area (Å²) in [7, 11) is 0. The number of tetrazole rings is 1. The third kappa shape index (κ3) is 5.42. The van der Waals surface area contributed by atoms with Crippen LogP contribution in [0.25, 0.3) is 0 Å². The minimum Gasteiger partial charge on any atom is -0.389 e. The smallest absolute Gasteiger partial charge is 0.227 e. The van der Waals surface area contributed by atoms with E-state index in [9.17, 15) is 9.90 Å². The van der Waals surface area contributed by atoms with E-state index in [2.05, 4.69) is 25.9 Å². The average molecular weight is 331 g/mol. The lowest BCUT2D eigenvalue weighted by molar-refractivity contribution is -0.121. The first kappa shape index (κ1) is 18.1. The van der Waals surface area contributed by atoms with Crippen LogP contribution in [0.15, 0.2) is 24.3 Å². The second-order valence-electron chi connectivity index (χ2n) is 6.15. The van der Waals surface area contributed by atoms with E-state index >= 15 is 0 Å². The summed E-state index contributed by atoms with van der Waals surface area (Å²) in [6, 6.07) is 7.50. The number of amides is 1. The van der Waals surface area contributed by atoms with Crippen LogP contribution >= 0.6 is 0 Å². The number of carbonyl (C=O) groups excluding carboxylic acids is 1. The second kappa shape index (κ2) is 8.54. The third-order valence-electron chi connectivity index (χ3n) is 3.91. The second-order valence-corrected chi connectivity index (χ2v) is 6.15. The highest BCUT2D eigenvalue weighted by Crippen LogP contribution is 2.24. The van der Waals surface area contributed by atoms with Crippen molar-refractivity contribution in [1.29, 1.82) is 0 Å². The fourth-order valence-electron chi connectivity index (χ4n) is 2.88. The number of H-pyrrole nitrogens is 1. The van der Waals surface area contributed by atoms with Gasteiger partial charge in [0, 0.05) is 12.1 Å². The lowest BCUT2D eigenvalue weighted by Crippen LogP contribution is -2.33. The van der Waals surface area contributed by atoms with Gasteiger partial charge in [0.15, 0.2) is 5.82 Å². The Morgan fingerprint density at radius 3 is 2.42 bits per heavy atom. The quantitative estimate of drug-likeness (QED) is 0.655. The Morgan fingerprint density at radius 1 is 1.21 bits per heavy atom. The van der Waals surface area contributed by atoms with Gasteiger partial charge in [-0.15, -0.1) is 10.2 Å². The molecule has 0 aliphatic heterocycles. The monoisotopic (exact) mass is 331 g/mol. The van der Waals surface area contributed by atoms with Crippen LogP contribution in [0, 0.1) is 0 Å². The Labute approximate surface area is 141 Å². The highest BCUT2D eigenvalue weighted by atomic mass is 16.3. The van der Waals surface area contributed by atoms with Crippen molar-refractivity contribution in [2.24, 2.45) is 0 Å². The number of anilines is 1. The molecule has 0 unspecified atom stereocenters. The van der Waals surface area contributed by atoms with Crippen molar-refractivity contribution in [3.8, 4) is 0 Å². The number of rotatable bonds is 9. The summed E-state index contributed by atoms with van der Waals surface area (Å²) >= 11 is 0. The van der Waals surface area contributed by atoms with Crippen LogP contribution in [-0.4, -0.2) is 37.2 Å². The molecule has 7 nitrogen and oxygen atoms in total. The Balaban J connectivity index is 1.91. The normalized spacial score (nSPS) is 11.5. The van der Waals surface area contributed by atoms with Crippen molar-refractivity contribution < 1.29 is 9.90 Å². The highest BCUT2D eigenvalue weighted by molar-refractivity contribution is 5.91. The molecule has 1 heterocycles. The average Bonchev–Trinajstić information content (AvgIpc) is 3.02. The Kier molecular flexibility index (Phi) is 6.43. The predicted octanol–water partition coefficient (Wildman–Crippen LogP) is 2.45. The van der Waals surface area contributed by atoms with Gasteiger partial charge in [-0.25, -0.2) is 0 Å². The zero-order valence-corrected chi connectivity index (χ0v) is 14.2. The van der Waals surface area contributed by atoms with Crippen molar-refractivity contribution in [3.63, 3.8) is 0 Å². The standard InChI is InChI=1S/C17H25N5O2/c1-3-9-17(24,10-4-2)12-16(23)18-14-7-5-13(6-8-14)11-15-19-21-22-20-15/h5-8,24H,3-4,9-12H2,1-2H3,(H,18,23)(H,19,20,21,22). The van der Waals surface area contributed by atoms with Crippen molar-refractivity contribution >= 4 is 11.6 Å². The van der Waals surface area contributed by atoms with Gasteiger partial charge in [-0.1, -0.05) is 44.0 Å². The van der Waals surface area contributed by atoms with E-state index in [1.54, 1.807) is 0 Å². The number of hydrogen-bond acceptors (Lipinski definition) is 5. The summed E-state index contributed by atoms with van der Waals surface area (Å²) in [5, 5.41) is 27.2. The van der Waals surface area contributed by atoms with E-state index in [0.29, 0.717) is 30.8 Å². The van der Waals surface area contributed by atoms with E-state index in [0.717, 1.165) is 18.4 Å². The molecule has 7 heteroatoms. The lowest BCUT2D eigenvalue weighted by atomic mass is 9.89. The molecule has 1 amide bonds. The molecule has 1 aromatic heterocycles. The van der Waals surface area contributed by atoms with Gasteiger partial charge in [0.2, 0.25) is 5.91 Å². The number of nitrogens with one attached hydrogen (secondary N) is 2. The fraction of sp³-hybridized carbons (Fsp3) is 0.529. The summed E-state index contributed by atoms with van der Waals surface area (Å²) in [6.45, 7) is 4.03. The van der Waals surface area contributed by atoms with Gasteiger partial charge in [0.25, 0.3) is 0 Å². The molecule has 3 N–H and O–H groups in total. The van der Waals surface area contributed by atoms with E-state index < -0.39 is 5.60 Å². The molecule has 0 atom stereocenters. The van der Waals surface area contributed by atoms with Crippen molar-refractivity contribution in [2.75, 3.05) is 5.32 Å². The van der Waals surface area contributed by atoms with Crippen LogP contribution in [-0.2, 0) is 11.2 Å². The molecule has 0 aliphatic carbocycles. The molecule has 2 rings (SSSR count). The van der Waals surface area contributed by atoms with Crippen LogP contribution in [0.1, 0.15) is 57.3 Å². The Hall–Kier alpha value is -2.28. The van der Waals surface area contributed by atoms with Crippen LogP contribution in [0.3, 0.4) is 0 Å². The summed E-state index contributed by atoms with van der Waals surface area (Å²) < 4.78 is 0. The minimum absolute atomic E-state index is 0.124. The van der Waals surface area contributed by atoms with E-state index in [-0.39, 0.29) is 12.3 Å². The van der Waals surface area contributed by atoms with E-state index in [1.807, 2.05) is 38.1 Å². The molecule has 0 saturated heterocycles. The third-order valence-corrected chi connectivity index (χ3v) is 3.91. The number of hydrogen-bond donors (Lipinski definition) is 3. The summed E-state index contributed by atoms with van der Waals surface area (Å²) in [5.41, 5.74) is 0.835. The summed E-state index contributed by atoms with van der Waals surface area (Å²) in [6.07, 6.45) is 3.69. The topological polar surface area (TPSA) is 104 Å². The van der Waals surface area contributed by atoms with Crippen molar-refractivity contribution in [2.45, 2.75) is 58.0 Å². The Bertz CT molecular complexity index is 619. The number of nitrogens with zero attached hydrogens (tertiary/aromatic N) is 3. The van der Waals surface area contributed by atoms with Crippen LogP contribution < -0.4 is 5.32 Å². The van der Waals surface area contributed by atoms with Crippen LogP contribution in [0.2, 0.25) is 0 Å². The molecule has 0 bridgehead atoms. The first-order valence-corrected chi connectivity index (χ1v) is 8.38. The number of aromatic nitrogens is 4. The molecule has 0 radical (unpaired) electrons. The fourth-order valence-corrected chi connectivity index (χ4v) is 2.88. The minimum atomic E-state index is -0.911. The zero-order chi connectivity index (χ0) is 17.4. The molecule has 2 aromatic rings. The van der Waals surface area contributed by atoms with E-state index in [1.165, 1.54) is 0 Å². The van der Waals surface area contributed by atoms with Crippen molar-refractivity contribution in [3.05, 3.63) is 35.7 Å². The highest BCUT2D eigenvalue weighted by Gasteiger charge is 2.28. The van der Waals surface area contributed by atoms with Gasteiger partial charge in [0.05, 0.1) is 12.0 Å². The van der Waals surface area contributed by atoms with Gasteiger partial charge in [-0.3, -0.25) is 4.79 Å². The Morgan fingerprint density at radius 2 is 1.88 bits per heavy atom. The number of benzene rings is 1. The molecule has 0 aliphatic rings. The first-order chi connectivity index (χ1) is 11.5. The largest absolute Gasteiger partial charge is 0.389 e. The maximum Gasteiger partial charge on any atom is 0.227 e. The van der Waals surface area contributed by atoms with Crippen molar-refractivity contribution in [1.82, 2.24) is 20.6 Å². The van der Waals surface area contributed by atoms with Gasteiger partial charge < -0.3 is 10.4 Å². The predicted molar refractivity (Wildman–Crippen MR) is 91.4 cm³/mol. The summed E-state index contributed by atoms with van der Waals surface area (Å²) in [5.74, 6) is 0.460. The first-order valence-electron chi connectivity index (χ1n) is 8.38. The lowest BCUT2D eigenvalue weighted by Gasteiger charge is -2.26. The molecular weight excluding hydrogens is 306 g/mol. The number of carbonyl (C=O) groups is 1. The van der Waals surface area contributed by atoms with Gasteiger partial charge in [-0.2, -0.15) is 5.21 Å². The van der Waals surface area contributed by atoms with Crippen LogP contribution in [0.4, 0.5) is 5.69 Å². The molecule has 0 saturated carbocycles. The molecule has 24 heavy (non-hydrogen) atoms. The van der Waals surface area contributed by atoms with Gasteiger partial charge in [-0.05, 0) is 30.5 Å². The van der Waals surface area contributed by atoms with Crippen LogP contribution in [0.5, 0.6) is 0 Å². The zero-order valence-electron chi connectivity index (χ0n) is 14.2. The maximum absolute atomic E-state index is 12.2. The molecule has 0 fully saturated rings. The van der Waals surface area contributed by atoms with E-state index in [4.69, 9.17) is 0 Å². The summed E-state index contributed by atoms with van der Waals surface area (Å²) in [4.78, 5) is 12.2.